The number of hydrogen-bond donors (Lipinski definition) is 0. The Labute approximate surface area is 128 Å². The summed E-state index contributed by atoms with van der Waals surface area (Å²) in [5.41, 5.74) is 1.12. The largest absolute Gasteiger partial charge is 0.464 e. The van der Waals surface area contributed by atoms with Crippen LogP contribution in [-0.2, 0) is 14.3 Å². The number of carbonyl (C=O) groups excluding carboxylic acids is 1. The minimum absolute atomic E-state index is 0.0219. The van der Waals surface area contributed by atoms with Gasteiger partial charge in [-0.2, -0.15) is 0 Å². The van der Waals surface area contributed by atoms with Gasteiger partial charge in [-0.15, -0.1) is 0 Å². The van der Waals surface area contributed by atoms with Gasteiger partial charge in [0.2, 0.25) is 0 Å². The number of esters is 1. The first-order valence-electron chi connectivity index (χ1n) is 7.78. The van der Waals surface area contributed by atoms with E-state index in [-0.39, 0.29) is 12.6 Å². The van der Waals surface area contributed by atoms with E-state index in [4.69, 9.17) is 9.47 Å². The zero-order chi connectivity index (χ0) is 15.2. The summed E-state index contributed by atoms with van der Waals surface area (Å²) in [7, 11) is 0. The third-order valence-electron chi connectivity index (χ3n) is 3.05. The molecule has 0 atom stereocenters. The van der Waals surface area contributed by atoms with Crippen molar-refractivity contribution in [2.45, 2.75) is 39.0 Å². The average molecular weight is 290 g/mol. The van der Waals surface area contributed by atoms with E-state index in [1.807, 2.05) is 42.5 Å². The smallest absolute Gasteiger partial charge is 0.332 e. The zero-order valence-corrected chi connectivity index (χ0v) is 12.9. The van der Waals surface area contributed by atoms with Crippen molar-refractivity contribution in [3.63, 3.8) is 0 Å². The highest BCUT2D eigenvalue weighted by Crippen LogP contribution is 2.03. The maximum absolute atomic E-state index is 11.4. The van der Waals surface area contributed by atoms with Crippen molar-refractivity contribution < 1.29 is 14.3 Å². The molecule has 3 heteroatoms. The van der Waals surface area contributed by atoms with Crippen LogP contribution in [0.4, 0.5) is 0 Å². The Morgan fingerprint density at radius 3 is 2.62 bits per heavy atom. The van der Waals surface area contributed by atoms with Crippen LogP contribution >= 0.6 is 0 Å². The molecule has 0 amide bonds. The van der Waals surface area contributed by atoms with Crippen LogP contribution in [0.1, 0.15) is 44.6 Å². The minimum Gasteiger partial charge on any atom is -0.464 e. The summed E-state index contributed by atoms with van der Waals surface area (Å²) >= 11 is 0. The van der Waals surface area contributed by atoms with Crippen molar-refractivity contribution in [1.82, 2.24) is 0 Å². The molecule has 0 aliphatic heterocycles. The lowest BCUT2D eigenvalue weighted by atomic mass is 10.2. The quantitative estimate of drug-likeness (QED) is 0.452. The second-order valence-electron chi connectivity index (χ2n) is 4.96. The lowest BCUT2D eigenvalue weighted by Crippen LogP contribution is -2.13. The van der Waals surface area contributed by atoms with Gasteiger partial charge in [-0.3, -0.25) is 0 Å². The van der Waals surface area contributed by atoms with Gasteiger partial charge in [0, 0.05) is 0 Å². The zero-order valence-electron chi connectivity index (χ0n) is 12.9. The van der Waals surface area contributed by atoms with E-state index in [9.17, 15) is 4.79 Å². The second-order valence-corrected chi connectivity index (χ2v) is 4.96. The fraction of sp³-hybridized carbons (Fsp3) is 0.500. The predicted molar refractivity (Wildman–Crippen MR) is 86.0 cm³/mol. The normalized spacial score (nSPS) is 10.9. The minimum atomic E-state index is -0.279. The van der Waals surface area contributed by atoms with Crippen molar-refractivity contribution >= 4 is 12.0 Å². The van der Waals surface area contributed by atoms with Gasteiger partial charge in [0.15, 0.2) is 0 Å². The molecule has 0 saturated carbocycles. The first kappa shape index (κ1) is 17.4. The molecule has 0 heterocycles. The molecule has 0 unspecified atom stereocenters. The fourth-order valence-electron chi connectivity index (χ4n) is 1.89. The van der Waals surface area contributed by atoms with E-state index < -0.39 is 0 Å². The van der Waals surface area contributed by atoms with Crippen LogP contribution in [0.5, 0.6) is 0 Å². The molecule has 0 radical (unpaired) electrons. The third-order valence-corrected chi connectivity index (χ3v) is 3.05. The van der Waals surface area contributed by atoms with E-state index in [0.717, 1.165) is 18.4 Å². The Bertz CT molecular complexity index is 398. The summed E-state index contributed by atoms with van der Waals surface area (Å²) in [6.07, 6.45) is 9.64. The summed E-state index contributed by atoms with van der Waals surface area (Å²) in [6, 6.07) is 9.98. The van der Waals surface area contributed by atoms with E-state index in [0.29, 0.717) is 13.2 Å². The summed E-state index contributed by atoms with van der Waals surface area (Å²) in [6.45, 7) is 3.13. The summed E-state index contributed by atoms with van der Waals surface area (Å²) in [5.74, 6) is -0.279. The van der Waals surface area contributed by atoms with Crippen LogP contribution in [0, 0.1) is 0 Å². The summed E-state index contributed by atoms with van der Waals surface area (Å²) < 4.78 is 10.4. The van der Waals surface area contributed by atoms with E-state index in [2.05, 4.69) is 6.92 Å². The molecule has 21 heavy (non-hydrogen) atoms. The lowest BCUT2D eigenvalue weighted by molar-refractivity contribution is -0.148. The van der Waals surface area contributed by atoms with Crippen molar-refractivity contribution in [2.24, 2.45) is 0 Å². The molecule has 0 N–H and O–H groups in total. The number of ether oxygens (including phenoxy) is 2. The average Bonchev–Trinajstić information content (AvgIpc) is 2.51. The molecule has 1 aromatic rings. The van der Waals surface area contributed by atoms with Gasteiger partial charge >= 0.3 is 5.97 Å². The van der Waals surface area contributed by atoms with Crippen LogP contribution in [0.3, 0.4) is 0 Å². The number of unbranched alkanes of at least 4 members (excludes halogenated alkanes) is 4. The van der Waals surface area contributed by atoms with Crippen LogP contribution < -0.4 is 0 Å². The van der Waals surface area contributed by atoms with Crippen molar-refractivity contribution in [2.75, 3.05) is 19.8 Å². The topological polar surface area (TPSA) is 35.5 Å². The number of hydrogen-bond acceptors (Lipinski definition) is 3. The molecule has 0 fully saturated rings. The highest BCUT2D eigenvalue weighted by Gasteiger charge is 2.01. The van der Waals surface area contributed by atoms with Gasteiger partial charge in [0.1, 0.15) is 6.61 Å². The lowest BCUT2D eigenvalue weighted by Gasteiger charge is -2.04. The van der Waals surface area contributed by atoms with Crippen molar-refractivity contribution in [3.05, 3.63) is 42.0 Å². The van der Waals surface area contributed by atoms with Crippen LogP contribution in [0.25, 0.3) is 6.08 Å². The molecule has 0 aliphatic rings. The molecule has 3 nitrogen and oxygen atoms in total. The third kappa shape index (κ3) is 9.85. The van der Waals surface area contributed by atoms with Crippen molar-refractivity contribution in [3.8, 4) is 0 Å². The molecule has 116 valence electrons. The van der Waals surface area contributed by atoms with Crippen LogP contribution in [0.15, 0.2) is 36.4 Å². The van der Waals surface area contributed by atoms with E-state index >= 15 is 0 Å². The predicted octanol–water partition coefficient (Wildman–Crippen LogP) is 4.23. The number of carbonyl (C=O) groups is 1. The van der Waals surface area contributed by atoms with Gasteiger partial charge < -0.3 is 9.47 Å². The SMILES string of the molecule is CCCCCCCOC(=O)COC/C=C/c1ccccc1. The standard InChI is InChI=1S/C18H26O3/c1-2-3-4-5-9-15-21-18(19)16-20-14-10-13-17-11-7-6-8-12-17/h6-8,10-13H,2-5,9,14-16H2,1H3/b13-10+. The first-order valence-corrected chi connectivity index (χ1v) is 7.78. The molecular formula is C18H26O3. The molecule has 0 aliphatic carbocycles. The van der Waals surface area contributed by atoms with Gasteiger partial charge in [0.25, 0.3) is 0 Å². The molecule has 0 saturated heterocycles. The number of rotatable bonds is 11. The summed E-state index contributed by atoms with van der Waals surface area (Å²) in [4.78, 5) is 11.4. The molecule has 0 aromatic heterocycles. The Morgan fingerprint density at radius 2 is 1.86 bits per heavy atom. The maximum Gasteiger partial charge on any atom is 0.332 e. The van der Waals surface area contributed by atoms with Gasteiger partial charge in [-0.25, -0.2) is 4.79 Å². The highest BCUT2D eigenvalue weighted by atomic mass is 16.6. The number of benzene rings is 1. The second kappa shape index (κ2) is 12.2. The molecule has 0 spiro atoms. The van der Waals surface area contributed by atoms with Crippen LogP contribution in [-0.4, -0.2) is 25.8 Å². The monoisotopic (exact) mass is 290 g/mol. The summed E-state index contributed by atoms with van der Waals surface area (Å²) in [5, 5.41) is 0. The molecular weight excluding hydrogens is 264 g/mol. The van der Waals surface area contributed by atoms with Gasteiger partial charge in [-0.05, 0) is 12.0 Å². The Hall–Kier alpha value is -1.61. The molecule has 0 bridgehead atoms. The highest BCUT2D eigenvalue weighted by molar-refractivity contribution is 5.70. The Kier molecular flexibility index (Phi) is 10.1. The Balaban J connectivity index is 1.97. The van der Waals surface area contributed by atoms with Crippen LogP contribution in [0.2, 0.25) is 0 Å². The van der Waals surface area contributed by atoms with Gasteiger partial charge in [-0.1, -0.05) is 75.1 Å². The fourth-order valence-corrected chi connectivity index (χ4v) is 1.89. The molecule has 1 aromatic carbocycles. The van der Waals surface area contributed by atoms with E-state index in [1.165, 1.54) is 19.3 Å². The van der Waals surface area contributed by atoms with E-state index in [1.54, 1.807) is 0 Å². The Morgan fingerprint density at radius 1 is 1.10 bits per heavy atom. The van der Waals surface area contributed by atoms with Crippen molar-refractivity contribution in [1.29, 1.82) is 0 Å². The first-order chi connectivity index (χ1) is 10.3. The van der Waals surface area contributed by atoms with Gasteiger partial charge in [0.05, 0.1) is 13.2 Å². The molecule has 1 rings (SSSR count). The maximum atomic E-state index is 11.4.